The van der Waals surface area contributed by atoms with Crippen LogP contribution in [-0.4, -0.2) is 24.5 Å². The number of aromatic carboxylic acids is 1. The molecule has 116 valence electrons. The molecule has 0 saturated carbocycles. The minimum absolute atomic E-state index is 0.0364. The number of carboxylic acid groups (broad SMARTS) is 1. The summed E-state index contributed by atoms with van der Waals surface area (Å²) in [6.07, 6.45) is 3.13. The minimum atomic E-state index is -3.91. The van der Waals surface area contributed by atoms with Gasteiger partial charge in [0.15, 0.2) is 0 Å². The van der Waals surface area contributed by atoms with Crippen molar-refractivity contribution in [2.24, 2.45) is 0 Å². The molecule has 0 aliphatic heterocycles. The van der Waals surface area contributed by atoms with Crippen molar-refractivity contribution < 1.29 is 18.3 Å². The van der Waals surface area contributed by atoms with Gasteiger partial charge in [-0.3, -0.25) is 4.98 Å². The molecule has 22 heavy (non-hydrogen) atoms. The van der Waals surface area contributed by atoms with E-state index in [-0.39, 0.29) is 15.5 Å². The number of sulfonamides is 1. The molecule has 8 heteroatoms. The molecule has 2 N–H and O–H groups in total. The third-order valence-corrected chi connectivity index (χ3v) is 4.68. The Bertz CT molecular complexity index is 794. The van der Waals surface area contributed by atoms with Gasteiger partial charge in [-0.05, 0) is 36.8 Å². The number of carboxylic acids is 1. The molecule has 2 aromatic rings. The molecule has 0 radical (unpaired) electrons. The highest BCUT2D eigenvalue weighted by atomic mass is 35.5. The maximum atomic E-state index is 12.4. The quantitative estimate of drug-likeness (QED) is 0.871. The second-order valence-electron chi connectivity index (χ2n) is 4.61. The molecule has 1 heterocycles. The highest BCUT2D eigenvalue weighted by Crippen LogP contribution is 2.21. The number of carbonyl (C=O) groups is 1. The average molecular weight is 341 g/mol. The van der Waals surface area contributed by atoms with Crippen LogP contribution >= 0.6 is 11.6 Å². The molecule has 1 unspecified atom stereocenters. The van der Waals surface area contributed by atoms with Crippen molar-refractivity contribution in [1.29, 1.82) is 0 Å². The Hall–Kier alpha value is -1.96. The van der Waals surface area contributed by atoms with Crippen LogP contribution in [0.4, 0.5) is 0 Å². The molecular weight excluding hydrogens is 328 g/mol. The Labute approximate surface area is 132 Å². The summed E-state index contributed by atoms with van der Waals surface area (Å²) in [5, 5.41) is 9.01. The van der Waals surface area contributed by atoms with Crippen LogP contribution in [0, 0.1) is 0 Å². The lowest BCUT2D eigenvalue weighted by atomic mass is 10.2. The van der Waals surface area contributed by atoms with Gasteiger partial charge in [-0.1, -0.05) is 17.7 Å². The fourth-order valence-electron chi connectivity index (χ4n) is 1.84. The largest absolute Gasteiger partial charge is 0.478 e. The number of halogens is 1. The van der Waals surface area contributed by atoms with E-state index in [1.165, 1.54) is 12.1 Å². The molecule has 1 aromatic carbocycles. The van der Waals surface area contributed by atoms with Gasteiger partial charge in [0.05, 0.1) is 10.5 Å². The predicted octanol–water partition coefficient (Wildman–Crippen LogP) is 2.47. The Morgan fingerprint density at radius 1 is 1.36 bits per heavy atom. The van der Waals surface area contributed by atoms with Gasteiger partial charge in [0.25, 0.3) is 0 Å². The van der Waals surface area contributed by atoms with Gasteiger partial charge in [0.2, 0.25) is 10.0 Å². The summed E-state index contributed by atoms with van der Waals surface area (Å²) in [5.41, 5.74) is 0.494. The van der Waals surface area contributed by atoms with Crippen molar-refractivity contribution in [3.8, 4) is 0 Å². The number of benzene rings is 1. The van der Waals surface area contributed by atoms with E-state index < -0.39 is 22.0 Å². The monoisotopic (exact) mass is 340 g/mol. The molecule has 0 saturated heterocycles. The molecule has 0 aliphatic carbocycles. The summed E-state index contributed by atoms with van der Waals surface area (Å²) in [4.78, 5) is 14.7. The van der Waals surface area contributed by atoms with E-state index in [0.29, 0.717) is 5.56 Å². The van der Waals surface area contributed by atoms with Gasteiger partial charge < -0.3 is 5.11 Å². The van der Waals surface area contributed by atoms with Gasteiger partial charge in [0, 0.05) is 23.5 Å². The maximum absolute atomic E-state index is 12.4. The van der Waals surface area contributed by atoms with Gasteiger partial charge in [-0.2, -0.15) is 0 Å². The molecule has 0 spiro atoms. The van der Waals surface area contributed by atoms with E-state index in [0.717, 1.165) is 6.07 Å². The van der Waals surface area contributed by atoms with Crippen molar-refractivity contribution in [3.63, 3.8) is 0 Å². The number of nitrogens with zero attached hydrogens (tertiary/aromatic N) is 1. The first-order valence-electron chi connectivity index (χ1n) is 6.26. The number of aromatic nitrogens is 1. The topological polar surface area (TPSA) is 96.4 Å². The highest BCUT2D eigenvalue weighted by Gasteiger charge is 2.20. The zero-order valence-corrected chi connectivity index (χ0v) is 13.1. The lowest BCUT2D eigenvalue weighted by molar-refractivity contribution is 0.0696. The van der Waals surface area contributed by atoms with Gasteiger partial charge in [-0.15, -0.1) is 0 Å². The first-order valence-corrected chi connectivity index (χ1v) is 8.12. The molecule has 0 bridgehead atoms. The van der Waals surface area contributed by atoms with E-state index in [1.807, 2.05) is 0 Å². The van der Waals surface area contributed by atoms with E-state index in [2.05, 4.69) is 9.71 Å². The summed E-state index contributed by atoms with van der Waals surface area (Å²) >= 11 is 5.79. The average Bonchev–Trinajstić information content (AvgIpc) is 2.47. The van der Waals surface area contributed by atoms with Crippen LogP contribution in [0.5, 0.6) is 0 Å². The van der Waals surface area contributed by atoms with Crippen LogP contribution in [-0.2, 0) is 10.0 Å². The SMILES string of the molecule is CC(NS(=O)(=O)c1cc(Cl)cc(C(=O)O)c1)c1cccnc1. The predicted molar refractivity (Wildman–Crippen MR) is 81.4 cm³/mol. The molecule has 0 fully saturated rings. The molecule has 1 atom stereocenters. The van der Waals surface area contributed by atoms with Crippen molar-refractivity contribution in [2.45, 2.75) is 17.9 Å². The molecular formula is C14H13ClN2O4S. The van der Waals surface area contributed by atoms with E-state index in [1.54, 1.807) is 31.5 Å². The zero-order valence-electron chi connectivity index (χ0n) is 11.5. The number of hydrogen-bond donors (Lipinski definition) is 2. The first kappa shape index (κ1) is 16.4. The van der Waals surface area contributed by atoms with Crippen molar-refractivity contribution in [1.82, 2.24) is 9.71 Å². The number of pyridine rings is 1. The Balaban J connectivity index is 2.33. The minimum Gasteiger partial charge on any atom is -0.478 e. The molecule has 6 nitrogen and oxygen atoms in total. The molecule has 2 rings (SSSR count). The molecule has 0 aliphatic rings. The second-order valence-corrected chi connectivity index (χ2v) is 6.76. The fourth-order valence-corrected chi connectivity index (χ4v) is 3.44. The Morgan fingerprint density at radius 2 is 2.09 bits per heavy atom. The van der Waals surface area contributed by atoms with Crippen LogP contribution in [0.1, 0.15) is 28.9 Å². The van der Waals surface area contributed by atoms with Crippen LogP contribution in [0.15, 0.2) is 47.6 Å². The Morgan fingerprint density at radius 3 is 2.68 bits per heavy atom. The smallest absolute Gasteiger partial charge is 0.335 e. The second kappa shape index (κ2) is 6.43. The number of rotatable bonds is 5. The van der Waals surface area contributed by atoms with Crippen molar-refractivity contribution >= 4 is 27.6 Å². The molecule has 0 amide bonds. The fraction of sp³-hybridized carbons (Fsp3) is 0.143. The first-order chi connectivity index (χ1) is 10.3. The van der Waals surface area contributed by atoms with Crippen LogP contribution < -0.4 is 4.72 Å². The number of hydrogen-bond acceptors (Lipinski definition) is 4. The molecule has 1 aromatic heterocycles. The van der Waals surface area contributed by atoms with Crippen LogP contribution in [0.25, 0.3) is 0 Å². The van der Waals surface area contributed by atoms with E-state index in [9.17, 15) is 13.2 Å². The number of nitrogens with one attached hydrogen (secondary N) is 1. The highest BCUT2D eigenvalue weighted by molar-refractivity contribution is 7.89. The third kappa shape index (κ3) is 3.82. The standard InChI is InChI=1S/C14H13ClN2O4S/c1-9(10-3-2-4-16-8-10)17-22(20,21)13-6-11(14(18)19)5-12(15)7-13/h2-9,17H,1H3,(H,18,19). The van der Waals surface area contributed by atoms with Crippen molar-refractivity contribution in [2.75, 3.05) is 0 Å². The van der Waals surface area contributed by atoms with E-state index >= 15 is 0 Å². The van der Waals surface area contributed by atoms with Gasteiger partial charge >= 0.3 is 5.97 Å². The summed E-state index contributed by atoms with van der Waals surface area (Å²) in [6.45, 7) is 1.66. The van der Waals surface area contributed by atoms with Crippen molar-refractivity contribution in [3.05, 3.63) is 58.9 Å². The van der Waals surface area contributed by atoms with Gasteiger partial charge in [-0.25, -0.2) is 17.9 Å². The van der Waals surface area contributed by atoms with Gasteiger partial charge in [0.1, 0.15) is 0 Å². The summed E-state index contributed by atoms with van der Waals surface area (Å²) in [6, 6.07) is 6.36. The third-order valence-electron chi connectivity index (χ3n) is 2.94. The summed E-state index contributed by atoms with van der Waals surface area (Å²) in [7, 11) is -3.91. The normalized spacial score (nSPS) is 12.8. The summed E-state index contributed by atoms with van der Waals surface area (Å²) < 4.78 is 27.2. The lowest BCUT2D eigenvalue weighted by Crippen LogP contribution is -2.27. The summed E-state index contributed by atoms with van der Waals surface area (Å²) in [5.74, 6) is -1.25. The Kier molecular flexibility index (Phi) is 4.80. The lowest BCUT2D eigenvalue weighted by Gasteiger charge is -2.14. The maximum Gasteiger partial charge on any atom is 0.335 e. The van der Waals surface area contributed by atoms with Crippen LogP contribution in [0.3, 0.4) is 0 Å². The van der Waals surface area contributed by atoms with E-state index in [4.69, 9.17) is 16.7 Å². The van der Waals surface area contributed by atoms with Crippen LogP contribution in [0.2, 0.25) is 5.02 Å². The zero-order chi connectivity index (χ0) is 16.3.